The minimum atomic E-state index is -5.08. The number of primary sulfonamides is 1. The summed E-state index contributed by atoms with van der Waals surface area (Å²) in [4.78, 5) is 28.0. The molecule has 1 aliphatic carbocycles. The summed E-state index contributed by atoms with van der Waals surface area (Å²) in [7, 11) is -3.55. The van der Waals surface area contributed by atoms with E-state index in [1.807, 2.05) is 12.1 Å². The number of aromatic amines is 1. The lowest BCUT2D eigenvalue weighted by Crippen LogP contribution is -2.21. The highest BCUT2D eigenvalue weighted by molar-refractivity contribution is 7.89. The van der Waals surface area contributed by atoms with Gasteiger partial charge in [-0.1, -0.05) is 12.1 Å². The van der Waals surface area contributed by atoms with E-state index in [0.29, 0.717) is 12.1 Å². The number of aromatic nitrogens is 2. The van der Waals surface area contributed by atoms with Crippen LogP contribution in [0.3, 0.4) is 0 Å². The van der Waals surface area contributed by atoms with Gasteiger partial charge in [-0.15, -0.1) is 0 Å². The van der Waals surface area contributed by atoms with Gasteiger partial charge >= 0.3 is 12.1 Å². The summed E-state index contributed by atoms with van der Waals surface area (Å²) < 4.78 is 54.3. The Bertz CT molecular complexity index is 1260. The van der Waals surface area contributed by atoms with E-state index in [1.54, 1.807) is 12.1 Å². The fraction of sp³-hybridized carbons (Fsp3) is 0.333. The van der Waals surface area contributed by atoms with Gasteiger partial charge in [0.2, 0.25) is 10.0 Å². The fourth-order valence-corrected chi connectivity index (χ4v) is 3.66. The molecule has 0 radical (unpaired) electrons. The molecule has 1 heterocycles. The number of anilines is 1. The third kappa shape index (κ3) is 8.87. The Morgan fingerprint density at radius 2 is 1.97 bits per heavy atom. The number of nitriles is 1. The molecule has 0 fully saturated rings. The zero-order valence-electron chi connectivity index (χ0n) is 18.2. The van der Waals surface area contributed by atoms with Crippen molar-refractivity contribution in [3.8, 4) is 6.07 Å². The highest BCUT2D eigenvalue weighted by atomic mass is 32.2. The average molecular weight is 513 g/mol. The Hall–Kier alpha value is -3.70. The molecule has 10 nitrogen and oxygen atoms in total. The molecule has 5 N–H and O–H groups in total. The van der Waals surface area contributed by atoms with Crippen LogP contribution >= 0.6 is 0 Å². The lowest BCUT2D eigenvalue weighted by Gasteiger charge is -2.18. The summed E-state index contributed by atoms with van der Waals surface area (Å²) in [6.07, 6.45) is 2.71. The number of sulfonamides is 1. The van der Waals surface area contributed by atoms with Crippen LogP contribution in [0.15, 0.2) is 30.5 Å². The highest BCUT2D eigenvalue weighted by Gasteiger charge is 2.38. The van der Waals surface area contributed by atoms with Crippen LogP contribution in [-0.4, -0.2) is 47.3 Å². The molecule has 1 aromatic heterocycles. The highest BCUT2D eigenvalue weighted by Crippen LogP contribution is 2.33. The summed E-state index contributed by atoms with van der Waals surface area (Å²) in [5, 5.41) is 23.9. The van der Waals surface area contributed by atoms with Crippen molar-refractivity contribution in [1.82, 2.24) is 9.97 Å². The van der Waals surface area contributed by atoms with E-state index in [0.717, 1.165) is 42.4 Å². The monoisotopic (exact) mass is 513 g/mol. The molecule has 188 valence electrons. The number of halogens is 3. The number of carboxylic acids is 1. The second-order valence-corrected chi connectivity index (χ2v) is 9.22. The van der Waals surface area contributed by atoms with Gasteiger partial charge in [0.25, 0.3) is 5.91 Å². The van der Waals surface area contributed by atoms with Crippen LogP contribution in [-0.2, 0) is 21.2 Å². The number of rotatable bonds is 6. The number of allylic oxidation sites excluding steroid dienone is 2. The van der Waals surface area contributed by atoms with Crippen LogP contribution in [0.25, 0.3) is 5.57 Å². The van der Waals surface area contributed by atoms with Gasteiger partial charge in [0.1, 0.15) is 11.8 Å². The number of nitrogens with two attached hydrogens (primary N) is 1. The van der Waals surface area contributed by atoms with E-state index in [2.05, 4.69) is 21.4 Å². The van der Waals surface area contributed by atoms with Crippen molar-refractivity contribution in [1.29, 1.82) is 5.26 Å². The first-order chi connectivity index (χ1) is 16.3. The SMILES string of the molecule is N#Cc1cnc(C(=O)Nc2ccc(CCS(N)(=O)=O)cc2C2=CCCCC2)[nH]1.O=C(O)C(F)(F)F. The molecular weight excluding hydrogens is 491 g/mol. The topological polar surface area (TPSA) is 179 Å². The van der Waals surface area contributed by atoms with Crippen LogP contribution in [0.1, 0.15) is 53.1 Å². The van der Waals surface area contributed by atoms with Crippen molar-refractivity contribution in [2.24, 2.45) is 5.14 Å². The zero-order chi connectivity index (χ0) is 26.2. The first-order valence-corrected chi connectivity index (χ1v) is 11.9. The lowest BCUT2D eigenvalue weighted by molar-refractivity contribution is -0.192. The summed E-state index contributed by atoms with van der Waals surface area (Å²) >= 11 is 0. The van der Waals surface area contributed by atoms with Gasteiger partial charge in [-0.25, -0.2) is 23.3 Å². The van der Waals surface area contributed by atoms with Crippen LogP contribution in [0.4, 0.5) is 18.9 Å². The van der Waals surface area contributed by atoms with E-state index in [1.165, 1.54) is 6.20 Å². The first kappa shape index (κ1) is 27.5. The molecule has 0 saturated carbocycles. The summed E-state index contributed by atoms with van der Waals surface area (Å²) in [6, 6.07) is 7.33. The van der Waals surface area contributed by atoms with Crippen molar-refractivity contribution < 1.29 is 36.3 Å². The van der Waals surface area contributed by atoms with Crippen LogP contribution in [0, 0.1) is 11.3 Å². The van der Waals surface area contributed by atoms with Gasteiger partial charge in [-0.2, -0.15) is 18.4 Å². The number of amides is 1. The molecule has 0 spiro atoms. The summed E-state index contributed by atoms with van der Waals surface area (Å²) in [6.45, 7) is 0. The van der Waals surface area contributed by atoms with E-state index >= 15 is 0 Å². The molecule has 14 heteroatoms. The fourth-order valence-electron chi connectivity index (χ4n) is 3.14. The predicted molar refractivity (Wildman–Crippen MR) is 120 cm³/mol. The lowest BCUT2D eigenvalue weighted by atomic mass is 9.91. The Labute approximate surface area is 198 Å². The number of nitrogens with zero attached hydrogens (tertiary/aromatic N) is 2. The number of nitrogens with one attached hydrogen (secondary N) is 2. The Morgan fingerprint density at radius 1 is 1.29 bits per heavy atom. The first-order valence-electron chi connectivity index (χ1n) is 10.2. The van der Waals surface area contributed by atoms with Crippen LogP contribution in [0.5, 0.6) is 0 Å². The molecule has 3 rings (SSSR count). The van der Waals surface area contributed by atoms with E-state index in [-0.39, 0.29) is 17.3 Å². The van der Waals surface area contributed by atoms with Gasteiger partial charge in [0.05, 0.1) is 11.9 Å². The molecule has 0 aliphatic heterocycles. The predicted octanol–water partition coefficient (Wildman–Crippen LogP) is 2.96. The minimum Gasteiger partial charge on any atom is -0.475 e. The quantitative estimate of drug-likeness (QED) is 0.458. The molecule has 1 amide bonds. The number of hydrogen-bond donors (Lipinski definition) is 4. The molecule has 0 atom stereocenters. The Morgan fingerprint density at radius 3 is 2.49 bits per heavy atom. The Kier molecular flexibility index (Phi) is 9.15. The molecule has 1 aliphatic rings. The standard InChI is InChI=1S/C19H21N5O3S.C2HF3O2/c20-11-15-12-22-18(23-15)19(25)24-17-7-6-13(8-9-28(21,26)27)10-16(17)14-4-2-1-3-5-14;3-2(4,5)1(6)7/h4,6-7,10,12H,1-3,5,8-9H2,(H,22,23)(H,24,25)(H2,21,26,27);(H,6,7). The smallest absolute Gasteiger partial charge is 0.475 e. The molecule has 0 saturated heterocycles. The van der Waals surface area contributed by atoms with Gasteiger partial charge < -0.3 is 15.4 Å². The second kappa shape index (κ2) is 11.6. The normalized spacial score (nSPS) is 13.6. The number of aryl methyl sites for hydroxylation is 1. The maximum atomic E-state index is 12.5. The molecular formula is C21H22F3N5O5S. The van der Waals surface area contributed by atoms with Gasteiger partial charge in [0.15, 0.2) is 5.82 Å². The number of carbonyl (C=O) groups is 2. The third-order valence-electron chi connectivity index (χ3n) is 4.80. The van der Waals surface area contributed by atoms with E-state index in [4.69, 9.17) is 20.3 Å². The molecule has 0 unspecified atom stereocenters. The minimum absolute atomic E-state index is 0.0541. The van der Waals surface area contributed by atoms with Gasteiger partial charge in [-0.3, -0.25) is 4.79 Å². The Balaban J connectivity index is 0.000000540. The zero-order valence-corrected chi connectivity index (χ0v) is 19.0. The van der Waals surface area contributed by atoms with Crippen LogP contribution < -0.4 is 10.5 Å². The summed E-state index contributed by atoms with van der Waals surface area (Å²) in [5.41, 5.74) is 3.65. The molecule has 35 heavy (non-hydrogen) atoms. The maximum Gasteiger partial charge on any atom is 0.490 e. The van der Waals surface area contributed by atoms with Crippen molar-refractivity contribution in [2.45, 2.75) is 38.3 Å². The molecule has 1 aromatic carbocycles. The number of alkyl halides is 3. The largest absolute Gasteiger partial charge is 0.490 e. The number of H-pyrrole nitrogens is 1. The van der Waals surface area contributed by atoms with E-state index < -0.39 is 28.1 Å². The van der Waals surface area contributed by atoms with Crippen molar-refractivity contribution in [3.63, 3.8) is 0 Å². The number of carbonyl (C=O) groups excluding carboxylic acids is 1. The molecule has 2 aromatic rings. The number of carboxylic acid groups (broad SMARTS) is 1. The number of hydrogen-bond acceptors (Lipinski definition) is 6. The van der Waals surface area contributed by atoms with Crippen molar-refractivity contribution >= 4 is 33.2 Å². The summed E-state index contributed by atoms with van der Waals surface area (Å²) in [5.74, 6) is -3.29. The van der Waals surface area contributed by atoms with Crippen molar-refractivity contribution in [3.05, 3.63) is 53.1 Å². The van der Waals surface area contributed by atoms with Gasteiger partial charge in [0, 0.05) is 11.3 Å². The van der Waals surface area contributed by atoms with Gasteiger partial charge in [-0.05, 0) is 55.4 Å². The van der Waals surface area contributed by atoms with E-state index in [9.17, 15) is 26.4 Å². The number of aliphatic carboxylic acids is 1. The number of benzene rings is 1. The molecule has 0 bridgehead atoms. The second-order valence-electron chi connectivity index (χ2n) is 7.49. The van der Waals surface area contributed by atoms with Crippen LogP contribution in [0.2, 0.25) is 0 Å². The number of imidazole rings is 1. The maximum absolute atomic E-state index is 12.5. The average Bonchev–Trinajstić information content (AvgIpc) is 3.28. The third-order valence-corrected chi connectivity index (χ3v) is 5.57. The van der Waals surface area contributed by atoms with Crippen molar-refractivity contribution in [2.75, 3.05) is 11.1 Å².